The first-order valence-corrected chi connectivity index (χ1v) is 10.7. The van der Waals surface area contributed by atoms with Crippen LogP contribution in [0.4, 0.5) is 0 Å². The largest absolute Gasteiger partial charge is 0.360 e. The van der Waals surface area contributed by atoms with Gasteiger partial charge in [0, 0.05) is 12.6 Å². The molecule has 9 heteroatoms. The van der Waals surface area contributed by atoms with Crippen LogP contribution in [0, 0.1) is 0 Å². The zero-order chi connectivity index (χ0) is 19.3. The highest BCUT2D eigenvalue weighted by molar-refractivity contribution is 7.89. The molecule has 1 aromatic carbocycles. The maximum Gasteiger partial charge on any atom is 0.309 e. The van der Waals surface area contributed by atoms with Crippen molar-refractivity contribution in [3.8, 4) is 0 Å². The quantitative estimate of drug-likeness (QED) is 0.711. The third kappa shape index (κ3) is 4.85. The number of carbonyl (C=O) groups excluding carboxylic acids is 2. The van der Waals surface area contributed by atoms with Gasteiger partial charge in [-0.2, -0.15) is 4.31 Å². The number of nitrogens with one attached hydrogen (secondary N) is 2. The van der Waals surface area contributed by atoms with Crippen LogP contribution in [0.15, 0.2) is 35.2 Å². The molecule has 1 saturated carbocycles. The van der Waals surface area contributed by atoms with Crippen LogP contribution in [0.3, 0.4) is 0 Å². The minimum atomic E-state index is -3.74. The van der Waals surface area contributed by atoms with E-state index in [4.69, 9.17) is 4.74 Å². The molecule has 0 aromatic heterocycles. The fourth-order valence-corrected chi connectivity index (χ4v) is 5.00. The molecule has 8 nitrogen and oxygen atoms in total. The third-order valence-electron chi connectivity index (χ3n) is 4.84. The predicted octanol–water partition coefficient (Wildman–Crippen LogP) is 0.599. The van der Waals surface area contributed by atoms with Gasteiger partial charge in [-0.15, -0.1) is 0 Å². The molecule has 1 aliphatic heterocycles. The molecule has 2 fully saturated rings. The maximum atomic E-state index is 12.9. The molecule has 1 unspecified atom stereocenters. The number of carbonyl (C=O) groups is 2. The Morgan fingerprint density at radius 3 is 2.48 bits per heavy atom. The lowest BCUT2D eigenvalue weighted by molar-refractivity contribution is -0.140. The average molecular weight is 395 g/mol. The van der Waals surface area contributed by atoms with Gasteiger partial charge in [-0.05, 0) is 31.4 Å². The lowest BCUT2D eigenvalue weighted by Gasteiger charge is -2.34. The van der Waals surface area contributed by atoms with Crippen LogP contribution in [0.5, 0.6) is 0 Å². The summed E-state index contributed by atoms with van der Waals surface area (Å²) in [5, 5.41) is 5.21. The fourth-order valence-electron chi connectivity index (χ4n) is 3.41. The van der Waals surface area contributed by atoms with Crippen molar-refractivity contribution in [2.45, 2.75) is 49.3 Å². The van der Waals surface area contributed by atoms with Crippen LogP contribution >= 0.6 is 0 Å². The molecule has 148 valence electrons. The van der Waals surface area contributed by atoms with E-state index >= 15 is 0 Å². The minimum absolute atomic E-state index is 0.0455. The zero-order valence-electron chi connectivity index (χ0n) is 15.1. The Hall–Kier alpha value is -1.97. The standard InChI is InChI=1S/C18H25N3O5S/c22-17(18(23)20-14-7-4-5-8-14)19-13-16-21(11-6-12-26-16)27(24,25)15-9-2-1-3-10-15/h1-3,9-10,14,16H,4-8,11-13H2,(H,19,22)(H,20,23). The highest BCUT2D eigenvalue weighted by Gasteiger charge is 2.35. The third-order valence-corrected chi connectivity index (χ3v) is 6.74. The van der Waals surface area contributed by atoms with E-state index < -0.39 is 28.1 Å². The van der Waals surface area contributed by atoms with Crippen molar-refractivity contribution in [3.05, 3.63) is 30.3 Å². The Labute approximate surface area is 159 Å². The molecule has 27 heavy (non-hydrogen) atoms. The van der Waals surface area contributed by atoms with Gasteiger partial charge in [0.2, 0.25) is 10.0 Å². The molecule has 1 aromatic rings. The molecule has 1 atom stereocenters. The number of rotatable bonds is 5. The van der Waals surface area contributed by atoms with E-state index in [2.05, 4.69) is 10.6 Å². The Morgan fingerprint density at radius 1 is 1.07 bits per heavy atom. The van der Waals surface area contributed by atoms with Crippen molar-refractivity contribution in [1.29, 1.82) is 0 Å². The molecule has 3 rings (SSSR count). The smallest absolute Gasteiger partial charge is 0.309 e. The molecule has 2 amide bonds. The van der Waals surface area contributed by atoms with Crippen molar-refractivity contribution in [2.75, 3.05) is 19.7 Å². The first-order chi connectivity index (χ1) is 13.0. The van der Waals surface area contributed by atoms with Crippen molar-refractivity contribution in [3.63, 3.8) is 0 Å². The van der Waals surface area contributed by atoms with Crippen LogP contribution in [0.1, 0.15) is 32.1 Å². The molecule has 0 spiro atoms. The van der Waals surface area contributed by atoms with Gasteiger partial charge in [0.05, 0.1) is 18.0 Å². The Morgan fingerprint density at radius 2 is 1.78 bits per heavy atom. The second kappa shape index (κ2) is 8.81. The summed E-state index contributed by atoms with van der Waals surface area (Å²) in [6.07, 6.45) is 3.59. The van der Waals surface area contributed by atoms with Crippen LogP contribution in [0.25, 0.3) is 0 Å². The van der Waals surface area contributed by atoms with Crippen molar-refractivity contribution < 1.29 is 22.7 Å². The summed E-state index contributed by atoms with van der Waals surface area (Å²) < 4.78 is 32.5. The molecule has 1 aliphatic carbocycles. The van der Waals surface area contributed by atoms with E-state index in [-0.39, 0.29) is 17.5 Å². The van der Waals surface area contributed by atoms with Crippen LogP contribution in [-0.4, -0.2) is 56.5 Å². The molecule has 1 heterocycles. The summed E-state index contributed by atoms with van der Waals surface area (Å²) in [6.45, 7) is 0.616. The van der Waals surface area contributed by atoms with Crippen molar-refractivity contribution in [2.24, 2.45) is 0 Å². The summed E-state index contributed by atoms with van der Waals surface area (Å²) in [7, 11) is -3.74. The van der Waals surface area contributed by atoms with E-state index in [1.54, 1.807) is 18.2 Å². The van der Waals surface area contributed by atoms with Gasteiger partial charge in [-0.25, -0.2) is 8.42 Å². The predicted molar refractivity (Wildman–Crippen MR) is 98.1 cm³/mol. The van der Waals surface area contributed by atoms with Gasteiger partial charge < -0.3 is 15.4 Å². The van der Waals surface area contributed by atoms with E-state index in [1.807, 2.05) is 0 Å². The fraction of sp³-hybridized carbons (Fsp3) is 0.556. The normalized spacial score (nSPS) is 21.7. The first kappa shape index (κ1) is 19.8. The van der Waals surface area contributed by atoms with Crippen molar-refractivity contribution in [1.82, 2.24) is 14.9 Å². The Balaban J connectivity index is 1.60. The number of hydrogen-bond acceptors (Lipinski definition) is 5. The van der Waals surface area contributed by atoms with Gasteiger partial charge in [-0.1, -0.05) is 31.0 Å². The highest BCUT2D eigenvalue weighted by Crippen LogP contribution is 2.21. The maximum absolute atomic E-state index is 12.9. The van der Waals surface area contributed by atoms with Crippen LogP contribution in [-0.2, 0) is 24.3 Å². The van der Waals surface area contributed by atoms with E-state index in [0.717, 1.165) is 25.7 Å². The van der Waals surface area contributed by atoms with E-state index in [1.165, 1.54) is 16.4 Å². The summed E-state index contributed by atoms with van der Waals surface area (Å²) in [5.74, 6) is -1.46. The number of ether oxygens (including phenoxy) is 1. The molecule has 2 N–H and O–H groups in total. The number of hydrogen-bond donors (Lipinski definition) is 2. The van der Waals surface area contributed by atoms with Crippen LogP contribution < -0.4 is 10.6 Å². The zero-order valence-corrected chi connectivity index (χ0v) is 15.9. The summed E-state index contributed by atoms with van der Waals surface area (Å²) in [6, 6.07) is 8.14. The lowest BCUT2D eigenvalue weighted by Crippen LogP contribution is -2.53. The minimum Gasteiger partial charge on any atom is -0.360 e. The van der Waals surface area contributed by atoms with Crippen molar-refractivity contribution >= 4 is 21.8 Å². The molecular weight excluding hydrogens is 370 g/mol. The molecule has 1 saturated heterocycles. The van der Waals surface area contributed by atoms with Gasteiger partial charge in [-0.3, -0.25) is 9.59 Å². The Bertz CT molecular complexity index is 762. The number of amides is 2. The monoisotopic (exact) mass is 395 g/mol. The molecule has 2 aliphatic rings. The number of benzene rings is 1. The summed E-state index contributed by atoms with van der Waals surface area (Å²) in [5.41, 5.74) is 0. The molecule has 0 radical (unpaired) electrons. The van der Waals surface area contributed by atoms with Gasteiger partial charge in [0.1, 0.15) is 6.23 Å². The van der Waals surface area contributed by atoms with Gasteiger partial charge in [0.15, 0.2) is 0 Å². The highest BCUT2D eigenvalue weighted by atomic mass is 32.2. The average Bonchev–Trinajstić information content (AvgIpc) is 3.20. The first-order valence-electron chi connectivity index (χ1n) is 9.25. The second-order valence-electron chi connectivity index (χ2n) is 6.77. The van der Waals surface area contributed by atoms with E-state index in [0.29, 0.717) is 19.6 Å². The van der Waals surface area contributed by atoms with Gasteiger partial charge >= 0.3 is 11.8 Å². The lowest BCUT2D eigenvalue weighted by atomic mass is 10.2. The second-order valence-corrected chi connectivity index (χ2v) is 8.66. The van der Waals surface area contributed by atoms with Crippen LogP contribution in [0.2, 0.25) is 0 Å². The summed E-state index contributed by atoms with van der Waals surface area (Å²) in [4.78, 5) is 24.2. The summed E-state index contributed by atoms with van der Waals surface area (Å²) >= 11 is 0. The van der Waals surface area contributed by atoms with E-state index in [9.17, 15) is 18.0 Å². The number of nitrogens with zero attached hydrogens (tertiary/aromatic N) is 1. The topological polar surface area (TPSA) is 105 Å². The number of sulfonamides is 1. The molecule has 0 bridgehead atoms. The SMILES string of the molecule is O=C(NCC1OCCCN1S(=O)(=O)c1ccccc1)C(=O)NC1CCCC1. The molecular formula is C18H25N3O5S. The Kier molecular flexibility index (Phi) is 6.46. The van der Waals surface area contributed by atoms with Gasteiger partial charge in [0.25, 0.3) is 0 Å².